The zero-order chi connectivity index (χ0) is 40.8. The van der Waals surface area contributed by atoms with Crippen LogP contribution in [0.15, 0.2) is 139 Å². The molecule has 6 aromatic carbocycles. The van der Waals surface area contributed by atoms with Crippen molar-refractivity contribution in [3.05, 3.63) is 172 Å². The summed E-state index contributed by atoms with van der Waals surface area (Å²) >= 11 is 0. The third-order valence-electron chi connectivity index (χ3n) is 13.0. The van der Waals surface area contributed by atoms with E-state index in [-0.39, 0.29) is 16.4 Å². The maximum atomic E-state index is 13.5. The minimum atomic E-state index is -1.46. The Morgan fingerprint density at radius 3 is 1.52 bits per heavy atom. The second kappa shape index (κ2) is 15.2. The summed E-state index contributed by atoms with van der Waals surface area (Å²) in [6, 6.07) is 46.7. The second-order valence-electron chi connectivity index (χ2n) is 15.7. The van der Waals surface area contributed by atoms with Crippen LogP contribution < -0.4 is 10.2 Å². The van der Waals surface area contributed by atoms with Crippen LogP contribution in [0.25, 0.3) is 28.3 Å². The van der Waals surface area contributed by atoms with E-state index in [1.807, 2.05) is 55.5 Å². The van der Waals surface area contributed by atoms with Crippen molar-refractivity contribution in [1.82, 2.24) is 0 Å². The van der Waals surface area contributed by atoms with Crippen molar-refractivity contribution < 1.29 is 20.0 Å². The largest absolute Gasteiger partial charge is 0.477 e. The molecule has 0 heterocycles. The van der Waals surface area contributed by atoms with Crippen LogP contribution in [0.5, 0.6) is 0 Å². The number of hydrogen-bond acceptors (Lipinski definition) is 4. The number of primary amides is 1. The van der Waals surface area contributed by atoms with Gasteiger partial charge in [-0.2, -0.15) is 0 Å². The van der Waals surface area contributed by atoms with Crippen molar-refractivity contribution in [2.24, 2.45) is 0 Å². The molecule has 0 bridgehead atoms. The molecule has 0 spiro atoms. The monoisotopic (exact) mass is 764 g/mol. The Hall–Kier alpha value is -6.37. The van der Waals surface area contributed by atoms with E-state index in [1.165, 1.54) is 55.9 Å². The average Bonchev–Trinajstić information content (AvgIpc) is 3.70. The number of nitrogens with one attached hydrogen (secondary N) is 1. The van der Waals surface area contributed by atoms with E-state index in [2.05, 4.69) is 118 Å². The van der Waals surface area contributed by atoms with Gasteiger partial charge in [-0.05, 0) is 137 Å². The highest BCUT2D eigenvalue weighted by Crippen LogP contribution is 2.56. The number of carbonyl (C=O) groups excluding carboxylic acids is 1. The molecule has 0 saturated carbocycles. The van der Waals surface area contributed by atoms with Crippen LogP contribution in [0.3, 0.4) is 0 Å². The van der Waals surface area contributed by atoms with Gasteiger partial charge in [-0.15, -0.1) is 0 Å². The second-order valence-corrected chi connectivity index (χ2v) is 15.7. The highest BCUT2D eigenvalue weighted by Gasteiger charge is 2.42. The molecule has 0 radical (unpaired) electrons. The van der Waals surface area contributed by atoms with E-state index in [0.29, 0.717) is 11.3 Å². The van der Waals surface area contributed by atoms with E-state index in [0.717, 1.165) is 48.3 Å². The zero-order valence-corrected chi connectivity index (χ0v) is 33.9. The number of rotatable bonds is 12. The number of carboxylic acids is 1. The summed E-state index contributed by atoms with van der Waals surface area (Å²) < 4.78 is 0. The molecule has 6 heteroatoms. The first kappa shape index (κ1) is 38.5. The number of carboxylic acid groups (broad SMARTS) is 1. The van der Waals surface area contributed by atoms with Gasteiger partial charge >= 0.3 is 11.9 Å². The molecule has 2 aliphatic carbocycles. The molecule has 1 amide bonds. The lowest BCUT2D eigenvalue weighted by molar-refractivity contribution is -0.478. The summed E-state index contributed by atoms with van der Waals surface area (Å²) in [6.07, 6.45) is 5.44. The molecular formula is C52H50N3O3+. The summed E-state index contributed by atoms with van der Waals surface area (Å²) in [4.78, 5) is 27.9. The van der Waals surface area contributed by atoms with Gasteiger partial charge < -0.3 is 10.0 Å². The number of fused-ring (bicyclic) bond motifs is 6. The number of carbonyl (C=O) groups is 2. The Morgan fingerprint density at radius 1 is 0.603 bits per heavy atom. The molecule has 0 atom stereocenters. The topological polar surface area (TPSA) is 98.1 Å². The summed E-state index contributed by atoms with van der Waals surface area (Å²) in [6.45, 7) is 11.1. The summed E-state index contributed by atoms with van der Waals surface area (Å²) in [7, 11) is 0. The molecule has 290 valence electrons. The third-order valence-corrected chi connectivity index (χ3v) is 13.0. The molecule has 0 fully saturated rings. The van der Waals surface area contributed by atoms with E-state index < -0.39 is 17.6 Å². The van der Waals surface area contributed by atoms with E-state index in [9.17, 15) is 14.7 Å². The van der Waals surface area contributed by atoms with Gasteiger partial charge in [0.05, 0.1) is 0 Å². The van der Waals surface area contributed by atoms with E-state index in [1.54, 1.807) is 0 Å². The SMILES string of the molecule is CCC1(CC)c2ccccc2-c2ccc(N(c3ccc(/C=C(/C(=N)C(=O)O)C(=O)[NH2+]c4ccc(C)cc4)cc3)c3ccc4c(c3)C(CC)(CC)c3ccccc3-4)cc21. The van der Waals surface area contributed by atoms with E-state index >= 15 is 0 Å². The lowest BCUT2D eigenvalue weighted by Gasteiger charge is -2.33. The van der Waals surface area contributed by atoms with Crippen LogP contribution in [0, 0.1) is 12.3 Å². The van der Waals surface area contributed by atoms with Crippen molar-refractivity contribution in [2.75, 3.05) is 4.90 Å². The fourth-order valence-corrected chi connectivity index (χ4v) is 9.80. The van der Waals surface area contributed by atoms with Crippen molar-refractivity contribution in [3.8, 4) is 22.3 Å². The van der Waals surface area contributed by atoms with Gasteiger partial charge in [-0.1, -0.05) is 118 Å². The van der Waals surface area contributed by atoms with Crippen molar-refractivity contribution in [2.45, 2.75) is 71.1 Å². The molecular weight excluding hydrogens is 715 g/mol. The molecule has 0 aliphatic heterocycles. The molecule has 4 N–H and O–H groups in total. The Kier molecular flexibility index (Phi) is 10.1. The number of hydrogen-bond donors (Lipinski definition) is 3. The van der Waals surface area contributed by atoms with Gasteiger partial charge in [0.2, 0.25) is 0 Å². The number of amides is 1. The smallest absolute Gasteiger partial charge is 0.354 e. The quantitative estimate of drug-likeness (QED) is 0.0656. The number of benzene rings is 6. The third kappa shape index (κ3) is 6.20. The number of anilines is 3. The fraction of sp³-hybridized carbons (Fsp3) is 0.212. The Bertz CT molecular complexity index is 2500. The number of aryl methyl sites for hydroxylation is 1. The Morgan fingerprint density at radius 2 is 1.05 bits per heavy atom. The van der Waals surface area contributed by atoms with E-state index in [4.69, 9.17) is 5.41 Å². The van der Waals surface area contributed by atoms with Crippen LogP contribution in [0.4, 0.5) is 22.7 Å². The van der Waals surface area contributed by atoms with Crippen LogP contribution in [-0.4, -0.2) is 22.7 Å². The molecule has 6 nitrogen and oxygen atoms in total. The molecule has 0 unspecified atom stereocenters. The average molecular weight is 765 g/mol. The number of nitrogens with two attached hydrogens (primary N) is 1. The summed E-state index contributed by atoms with van der Waals surface area (Å²) in [5.41, 5.74) is 14.8. The first-order chi connectivity index (χ1) is 28.1. The van der Waals surface area contributed by atoms with Gasteiger partial charge in [0.25, 0.3) is 0 Å². The first-order valence-corrected chi connectivity index (χ1v) is 20.5. The number of nitrogens with zero attached hydrogens (tertiary/aromatic N) is 1. The Labute approximate surface area is 341 Å². The first-order valence-electron chi connectivity index (χ1n) is 20.5. The van der Waals surface area contributed by atoms with Crippen LogP contribution in [0.1, 0.15) is 86.8 Å². The predicted octanol–water partition coefficient (Wildman–Crippen LogP) is 11.5. The number of quaternary nitrogens is 1. The van der Waals surface area contributed by atoms with Gasteiger partial charge in [0.1, 0.15) is 11.3 Å². The van der Waals surface area contributed by atoms with Crippen molar-refractivity contribution in [3.63, 3.8) is 0 Å². The molecule has 6 aromatic rings. The summed E-state index contributed by atoms with van der Waals surface area (Å²) in [5.74, 6) is -1.99. The predicted molar refractivity (Wildman–Crippen MR) is 236 cm³/mol. The van der Waals surface area contributed by atoms with Crippen LogP contribution in [-0.2, 0) is 20.4 Å². The fourth-order valence-electron chi connectivity index (χ4n) is 9.80. The maximum Gasteiger partial charge on any atom is 0.354 e. The van der Waals surface area contributed by atoms with Crippen molar-refractivity contribution >= 4 is 46.4 Å². The normalized spacial score (nSPS) is 14.3. The lowest BCUT2D eigenvalue weighted by atomic mass is 9.73. The zero-order valence-electron chi connectivity index (χ0n) is 33.9. The lowest BCUT2D eigenvalue weighted by Crippen LogP contribution is -2.83. The van der Waals surface area contributed by atoms with Gasteiger partial charge in [-0.25, -0.2) is 14.9 Å². The maximum absolute atomic E-state index is 13.5. The minimum Gasteiger partial charge on any atom is -0.477 e. The van der Waals surface area contributed by atoms with Crippen molar-refractivity contribution in [1.29, 1.82) is 5.41 Å². The minimum absolute atomic E-state index is 0.103. The molecule has 2 aliphatic rings. The molecule has 0 saturated heterocycles. The van der Waals surface area contributed by atoms with Crippen LogP contribution in [0.2, 0.25) is 0 Å². The molecule has 8 rings (SSSR count). The van der Waals surface area contributed by atoms with Gasteiger partial charge in [0, 0.05) is 27.9 Å². The summed E-state index contributed by atoms with van der Waals surface area (Å²) in [5, 5.41) is 19.5. The highest BCUT2D eigenvalue weighted by atomic mass is 16.4. The standard InChI is InChI=1S/C52H49N3O3/c1-6-51(7-2)44-16-12-10-14-39(44)41-28-26-37(31-46(41)51)55(38-27-29-42-40-15-11-13-17-45(40)52(8-3,9-4)47(42)32-38)36-24-20-34(21-25-36)30-43(48(53)50(57)58)49(56)54-35-22-18-33(5)19-23-35/h10-32,53H,6-9H2,1-5H3,(H,54,56)(H,57,58)/p+1/b43-30-,53-48?. The highest BCUT2D eigenvalue weighted by molar-refractivity contribution is 6.48. The molecule has 58 heavy (non-hydrogen) atoms. The van der Waals surface area contributed by atoms with Crippen LogP contribution >= 0.6 is 0 Å². The molecule has 0 aromatic heterocycles. The van der Waals surface area contributed by atoms with Gasteiger partial charge in [-0.3, -0.25) is 5.41 Å². The Balaban J connectivity index is 1.26. The van der Waals surface area contributed by atoms with Gasteiger partial charge in [0.15, 0.2) is 5.71 Å². The number of aliphatic carboxylic acids is 1.